The normalized spacial score (nSPS) is 21.6. The van der Waals surface area contributed by atoms with Crippen LogP contribution in [0.15, 0.2) is 0 Å². The van der Waals surface area contributed by atoms with Crippen LogP contribution in [-0.4, -0.2) is 25.0 Å². The third-order valence-electron chi connectivity index (χ3n) is 2.03. The minimum absolute atomic E-state index is 0. The predicted octanol–water partition coefficient (Wildman–Crippen LogP) is 0.686. The summed E-state index contributed by atoms with van der Waals surface area (Å²) < 4.78 is 0. The molecular formula is C8H17ClN2O. The Morgan fingerprint density at radius 2 is 2.42 bits per heavy atom. The van der Waals surface area contributed by atoms with Gasteiger partial charge in [-0.1, -0.05) is 6.92 Å². The van der Waals surface area contributed by atoms with Gasteiger partial charge >= 0.3 is 0 Å². The van der Waals surface area contributed by atoms with Gasteiger partial charge in [-0.05, 0) is 19.4 Å². The highest BCUT2D eigenvalue weighted by molar-refractivity contribution is 5.85. The molecule has 3 nitrogen and oxygen atoms in total. The van der Waals surface area contributed by atoms with E-state index in [1.54, 1.807) is 0 Å². The average molecular weight is 193 g/mol. The smallest absolute Gasteiger partial charge is 0.219 e. The number of carbonyl (C=O) groups excluding carboxylic acids is 1. The van der Waals surface area contributed by atoms with Gasteiger partial charge in [0, 0.05) is 19.0 Å². The number of halogens is 1. The summed E-state index contributed by atoms with van der Waals surface area (Å²) in [4.78, 5) is 10.8. The fourth-order valence-corrected chi connectivity index (χ4v) is 1.29. The van der Waals surface area contributed by atoms with Gasteiger partial charge in [0.1, 0.15) is 0 Å². The summed E-state index contributed by atoms with van der Waals surface area (Å²) in [7, 11) is 0. The highest BCUT2D eigenvalue weighted by atomic mass is 35.5. The first-order valence-electron chi connectivity index (χ1n) is 4.33. The molecule has 0 bridgehead atoms. The van der Waals surface area contributed by atoms with Crippen molar-refractivity contribution in [3.05, 3.63) is 0 Å². The Hall–Kier alpha value is -0.280. The molecule has 4 heteroatoms. The van der Waals surface area contributed by atoms with Crippen LogP contribution in [-0.2, 0) is 4.79 Å². The number of hydrogen-bond acceptors (Lipinski definition) is 2. The second-order valence-corrected chi connectivity index (χ2v) is 2.95. The summed E-state index contributed by atoms with van der Waals surface area (Å²) in [6.07, 6.45) is 3.03. The van der Waals surface area contributed by atoms with Crippen molar-refractivity contribution in [1.29, 1.82) is 0 Å². The zero-order valence-electron chi connectivity index (χ0n) is 7.43. The van der Waals surface area contributed by atoms with Crippen molar-refractivity contribution in [2.75, 3.05) is 13.1 Å². The Morgan fingerprint density at radius 1 is 1.67 bits per heavy atom. The molecule has 0 aromatic rings. The first-order valence-corrected chi connectivity index (χ1v) is 4.33. The Bertz CT molecular complexity index is 135. The largest absolute Gasteiger partial charge is 0.355 e. The molecule has 1 aliphatic rings. The molecule has 1 rings (SSSR count). The second-order valence-electron chi connectivity index (χ2n) is 2.95. The molecule has 12 heavy (non-hydrogen) atoms. The zero-order chi connectivity index (χ0) is 8.10. The van der Waals surface area contributed by atoms with Crippen molar-refractivity contribution in [3.8, 4) is 0 Å². The number of hydrogen-bond donors (Lipinski definition) is 2. The van der Waals surface area contributed by atoms with Crippen LogP contribution in [0.25, 0.3) is 0 Å². The van der Waals surface area contributed by atoms with Crippen LogP contribution >= 0.6 is 12.4 Å². The van der Waals surface area contributed by atoms with E-state index >= 15 is 0 Å². The Labute approximate surface area is 79.7 Å². The molecule has 0 aromatic carbocycles. The first-order chi connectivity index (χ1) is 5.33. The van der Waals surface area contributed by atoms with E-state index in [2.05, 4.69) is 10.6 Å². The van der Waals surface area contributed by atoms with Gasteiger partial charge in [-0.25, -0.2) is 0 Å². The van der Waals surface area contributed by atoms with Crippen molar-refractivity contribution in [2.24, 2.45) is 0 Å². The zero-order valence-corrected chi connectivity index (χ0v) is 8.25. The molecule has 0 spiro atoms. The van der Waals surface area contributed by atoms with Gasteiger partial charge in [-0.15, -0.1) is 12.4 Å². The molecule has 1 heterocycles. The van der Waals surface area contributed by atoms with E-state index in [-0.39, 0.29) is 18.3 Å². The summed E-state index contributed by atoms with van der Waals surface area (Å²) in [6.45, 7) is 3.77. The van der Waals surface area contributed by atoms with Crippen molar-refractivity contribution in [3.63, 3.8) is 0 Å². The Kier molecular flexibility index (Phi) is 6.11. The van der Waals surface area contributed by atoms with E-state index in [0.29, 0.717) is 12.5 Å². The summed E-state index contributed by atoms with van der Waals surface area (Å²) in [6, 6.07) is 0.519. The number of carbonyl (C=O) groups is 1. The van der Waals surface area contributed by atoms with E-state index in [1.807, 2.05) is 6.92 Å². The summed E-state index contributed by atoms with van der Waals surface area (Å²) in [5, 5.41) is 6.19. The lowest BCUT2D eigenvalue weighted by molar-refractivity contribution is -0.120. The van der Waals surface area contributed by atoms with E-state index < -0.39 is 0 Å². The van der Waals surface area contributed by atoms with Crippen LogP contribution in [0.3, 0.4) is 0 Å². The van der Waals surface area contributed by atoms with Crippen LogP contribution in [0.2, 0.25) is 0 Å². The lowest BCUT2D eigenvalue weighted by atomic mass is 10.2. The van der Waals surface area contributed by atoms with Crippen molar-refractivity contribution < 1.29 is 4.79 Å². The second kappa shape index (κ2) is 6.26. The molecular weight excluding hydrogens is 176 g/mol. The maximum atomic E-state index is 10.8. The van der Waals surface area contributed by atoms with Gasteiger partial charge in [-0.2, -0.15) is 0 Å². The Morgan fingerprint density at radius 3 is 2.92 bits per heavy atom. The number of rotatable bonds is 3. The van der Waals surface area contributed by atoms with Gasteiger partial charge in [-0.3, -0.25) is 4.79 Å². The van der Waals surface area contributed by atoms with E-state index in [9.17, 15) is 4.79 Å². The molecule has 1 saturated heterocycles. The topological polar surface area (TPSA) is 41.1 Å². The third-order valence-corrected chi connectivity index (χ3v) is 2.03. The predicted molar refractivity (Wildman–Crippen MR) is 51.6 cm³/mol. The van der Waals surface area contributed by atoms with Crippen molar-refractivity contribution in [1.82, 2.24) is 10.6 Å². The lowest BCUT2D eigenvalue weighted by Crippen LogP contribution is -2.36. The molecule has 0 saturated carbocycles. The van der Waals surface area contributed by atoms with Gasteiger partial charge in [0.25, 0.3) is 0 Å². The van der Waals surface area contributed by atoms with Gasteiger partial charge in [0.15, 0.2) is 0 Å². The lowest BCUT2D eigenvalue weighted by Gasteiger charge is -2.10. The fraction of sp³-hybridized carbons (Fsp3) is 0.875. The summed E-state index contributed by atoms with van der Waals surface area (Å²) >= 11 is 0. The first kappa shape index (κ1) is 11.7. The number of nitrogens with one attached hydrogen (secondary N) is 2. The molecule has 2 N–H and O–H groups in total. The highest BCUT2D eigenvalue weighted by Gasteiger charge is 2.13. The van der Waals surface area contributed by atoms with Crippen LogP contribution in [0.5, 0.6) is 0 Å². The van der Waals surface area contributed by atoms with Crippen molar-refractivity contribution >= 4 is 18.3 Å². The Balaban J connectivity index is 0.00000121. The molecule has 1 fully saturated rings. The monoisotopic (exact) mass is 192 g/mol. The van der Waals surface area contributed by atoms with Crippen LogP contribution < -0.4 is 10.6 Å². The molecule has 0 aromatic heterocycles. The van der Waals surface area contributed by atoms with Gasteiger partial charge < -0.3 is 10.6 Å². The van der Waals surface area contributed by atoms with Gasteiger partial charge in [0.2, 0.25) is 5.91 Å². The summed E-state index contributed by atoms with van der Waals surface area (Å²) in [5.74, 6) is 0.152. The molecule has 1 amide bonds. The average Bonchev–Trinajstić information content (AvgIpc) is 2.52. The quantitative estimate of drug-likeness (QED) is 0.691. The van der Waals surface area contributed by atoms with Crippen LogP contribution in [0.1, 0.15) is 26.2 Å². The molecule has 0 radical (unpaired) electrons. The van der Waals surface area contributed by atoms with Crippen LogP contribution in [0, 0.1) is 0 Å². The van der Waals surface area contributed by atoms with Crippen molar-refractivity contribution in [2.45, 2.75) is 32.2 Å². The van der Waals surface area contributed by atoms with E-state index in [0.717, 1.165) is 13.1 Å². The maximum Gasteiger partial charge on any atom is 0.219 e. The molecule has 1 atom stereocenters. The van der Waals surface area contributed by atoms with E-state index in [1.165, 1.54) is 12.8 Å². The molecule has 72 valence electrons. The molecule has 0 aliphatic carbocycles. The summed E-state index contributed by atoms with van der Waals surface area (Å²) in [5.41, 5.74) is 0. The number of amides is 1. The molecule has 0 unspecified atom stereocenters. The molecule has 1 aliphatic heterocycles. The minimum Gasteiger partial charge on any atom is -0.355 e. The standard InChI is InChI=1S/C8H16N2O.ClH/c1-2-8(11)10-6-7-4-3-5-9-7;/h7,9H,2-6H2,1H3,(H,10,11);1H/t7-;/m1./s1. The van der Waals surface area contributed by atoms with Crippen LogP contribution in [0.4, 0.5) is 0 Å². The minimum atomic E-state index is 0. The maximum absolute atomic E-state index is 10.8. The fourth-order valence-electron chi connectivity index (χ4n) is 1.29. The van der Waals surface area contributed by atoms with E-state index in [4.69, 9.17) is 0 Å². The third kappa shape index (κ3) is 3.93. The highest BCUT2D eigenvalue weighted by Crippen LogP contribution is 2.02. The van der Waals surface area contributed by atoms with Gasteiger partial charge in [0.05, 0.1) is 0 Å². The SMILES string of the molecule is CCC(=O)NC[C@H]1CCCN1.Cl.